The Hall–Kier alpha value is 6.66. The van der Waals surface area contributed by atoms with Crippen LogP contribution in [-0.4, -0.2) is 0 Å². The van der Waals surface area contributed by atoms with E-state index in [-0.39, 0.29) is 234 Å². The first-order chi connectivity index (χ1) is 0. The summed E-state index contributed by atoms with van der Waals surface area (Å²) in [5, 5.41) is 0. The molecule has 0 unspecified atom stereocenters. The topological polar surface area (TPSA) is 0 Å². The Balaban J connectivity index is 0. The van der Waals surface area contributed by atoms with Crippen molar-refractivity contribution in [2.45, 2.75) is 0 Å². The van der Waals surface area contributed by atoms with Crippen molar-refractivity contribution in [1.29, 1.82) is 0 Å². The molecule has 0 aromatic carbocycles. The molecule has 0 nitrogen and oxygen atoms in total. The molecule has 0 aromatic rings. The first kappa shape index (κ1) is 131. The third-order valence-electron chi connectivity index (χ3n) is 0. The van der Waals surface area contributed by atoms with Crippen molar-refractivity contribution in [2.24, 2.45) is 0 Å². The second-order valence-corrected chi connectivity index (χ2v) is 0. The van der Waals surface area contributed by atoms with E-state index in [4.69, 9.17) is 0 Å². The Kier molecular flexibility index (Phi) is 1210. The fourth-order valence-corrected chi connectivity index (χ4v) is 0. The molecular weight excluding hydrogens is 755 g/mol. The van der Waals surface area contributed by atoms with Crippen LogP contribution in [0.4, 0.5) is 0 Å². The van der Waals surface area contributed by atoms with Crippen molar-refractivity contribution in [2.75, 3.05) is 0 Å². The Bertz CT molecular complexity index is 14.5. The molecule has 0 heterocycles. The van der Waals surface area contributed by atoms with E-state index in [0.717, 1.165) is 0 Å². The maximum atomic E-state index is 0. The van der Waals surface area contributed by atoms with Crippen LogP contribution in [0.3, 0.4) is 0 Å². The predicted octanol–water partition coefficient (Wildman–Crippen LogP) is -27.0. The molecule has 0 aliphatic rings. The summed E-state index contributed by atoms with van der Waals surface area (Å²) < 4.78 is 0. The standard InChI is InChI=1S/9ClH.Nd.Pr.Sm/h9*1H;;;/q;;;;;;;;;3*+3/p-9. The smallest absolute Gasteiger partial charge is 1.00 e. The Labute approximate surface area is 228 Å². The zero-order valence-electron chi connectivity index (χ0n) is 4.89. The van der Waals surface area contributed by atoms with Gasteiger partial charge in [0.05, 0.1) is 0 Å². The molecule has 0 fully saturated rings. The van der Waals surface area contributed by atoms with E-state index in [0.29, 0.717) is 0 Å². The molecule has 0 bridgehead atoms. The van der Waals surface area contributed by atoms with Crippen LogP contribution < -0.4 is 112 Å². The first-order valence-corrected chi connectivity index (χ1v) is 0. The maximum absolute atomic E-state index is 0. The molecule has 0 rings (SSSR count). The van der Waals surface area contributed by atoms with Crippen molar-refractivity contribution >= 4 is 0 Å². The average Bonchev–Trinajstić information content (AvgIpc) is 0. The largest absolute Gasteiger partial charge is 3.00 e. The van der Waals surface area contributed by atoms with Gasteiger partial charge in [-0.15, -0.1) is 0 Å². The SMILES string of the molecule is [Cl-].[Cl-].[Cl-].[Cl-].[Cl-].[Cl-].[Cl-].[Cl-].[Cl-].[Nd+3].[Pr+3].[Sm+3]. The van der Waals surface area contributed by atoms with Crippen LogP contribution in [0.2, 0.25) is 0 Å². The van der Waals surface area contributed by atoms with Crippen LogP contribution in [0.1, 0.15) is 0 Å². The molecule has 12 heteroatoms. The van der Waals surface area contributed by atoms with Crippen LogP contribution in [0.15, 0.2) is 0 Å². The quantitative estimate of drug-likeness (QED) is 0.231. The molecule has 0 amide bonds. The normalized spacial score (nSPS) is 0. The van der Waals surface area contributed by atoms with Crippen molar-refractivity contribution < 1.29 is 234 Å². The van der Waals surface area contributed by atoms with Gasteiger partial charge in [0, 0.05) is 0 Å². The van der Waals surface area contributed by atoms with Gasteiger partial charge in [-0.1, -0.05) is 0 Å². The van der Waals surface area contributed by atoms with E-state index in [9.17, 15) is 0 Å². The van der Waals surface area contributed by atoms with Gasteiger partial charge in [0.1, 0.15) is 0 Å². The van der Waals surface area contributed by atoms with Gasteiger partial charge in [-0.2, -0.15) is 0 Å². The van der Waals surface area contributed by atoms with Gasteiger partial charge in [-0.25, -0.2) is 0 Å². The molecule has 0 saturated carbocycles. The monoisotopic (exact) mass is 749 g/mol. The Morgan fingerprint density at radius 2 is 0.333 bits per heavy atom. The van der Waals surface area contributed by atoms with Crippen molar-refractivity contribution in [3.63, 3.8) is 0 Å². The van der Waals surface area contributed by atoms with E-state index in [1.54, 1.807) is 0 Å². The minimum absolute atomic E-state index is 0. The van der Waals surface area contributed by atoms with Gasteiger partial charge < -0.3 is 112 Å². The minimum atomic E-state index is 0. The number of halogens is 9. The van der Waals surface area contributed by atoms with Crippen LogP contribution in [0, 0.1) is 123 Å². The summed E-state index contributed by atoms with van der Waals surface area (Å²) in [5.74, 6) is 0. The summed E-state index contributed by atoms with van der Waals surface area (Å²) in [4.78, 5) is 0. The summed E-state index contributed by atoms with van der Waals surface area (Å²) in [6.07, 6.45) is 0. The molecule has 0 spiro atoms. The zero-order chi connectivity index (χ0) is 0. The predicted molar refractivity (Wildman–Crippen MR) is 0 cm³/mol. The van der Waals surface area contributed by atoms with E-state index >= 15 is 0 Å². The number of rotatable bonds is 0. The van der Waals surface area contributed by atoms with Crippen molar-refractivity contribution in [1.82, 2.24) is 0 Å². The maximum Gasteiger partial charge on any atom is 3.00 e. The van der Waals surface area contributed by atoms with E-state index in [1.165, 1.54) is 0 Å². The van der Waals surface area contributed by atoms with E-state index < -0.39 is 0 Å². The number of hydrogen-bond donors (Lipinski definition) is 0. The summed E-state index contributed by atoms with van der Waals surface area (Å²) >= 11 is 0. The van der Waals surface area contributed by atoms with Crippen LogP contribution >= 0.6 is 0 Å². The van der Waals surface area contributed by atoms with Crippen molar-refractivity contribution in [3.05, 3.63) is 0 Å². The molecule has 12 heavy (non-hydrogen) atoms. The third-order valence-corrected chi connectivity index (χ3v) is 0. The molecular formula is Cl9NdPrSm. The first-order valence-electron chi connectivity index (χ1n) is 0. The summed E-state index contributed by atoms with van der Waals surface area (Å²) in [5.41, 5.74) is 0. The molecule has 0 saturated heterocycles. The Morgan fingerprint density at radius 1 is 0.333 bits per heavy atom. The summed E-state index contributed by atoms with van der Waals surface area (Å²) in [7, 11) is 0. The summed E-state index contributed by atoms with van der Waals surface area (Å²) in [6.45, 7) is 0. The molecule has 0 atom stereocenters. The average molecular weight is 755 g/mol. The molecule has 0 aliphatic carbocycles. The molecule has 0 aromatic heterocycles. The minimum Gasteiger partial charge on any atom is -1.00 e. The van der Waals surface area contributed by atoms with Crippen LogP contribution in [0.25, 0.3) is 0 Å². The van der Waals surface area contributed by atoms with Gasteiger partial charge in [0.15, 0.2) is 0 Å². The molecule has 76 valence electrons. The third kappa shape index (κ3) is 92.1. The van der Waals surface area contributed by atoms with Crippen LogP contribution in [0.5, 0.6) is 0 Å². The van der Waals surface area contributed by atoms with Crippen molar-refractivity contribution in [3.8, 4) is 0 Å². The van der Waals surface area contributed by atoms with Gasteiger partial charge in [0.25, 0.3) is 0 Å². The molecule has 0 N–H and O–H groups in total. The van der Waals surface area contributed by atoms with Gasteiger partial charge in [-0.3, -0.25) is 0 Å². The van der Waals surface area contributed by atoms with Gasteiger partial charge >= 0.3 is 123 Å². The van der Waals surface area contributed by atoms with Gasteiger partial charge in [-0.05, 0) is 0 Å². The second kappa shape index (κ2) is 110. The fourth-order valence-electron chi connectivity index (χ4n) is 0. The Morgan fingerprint density at radius 3 is 0.333 bits per heavy atom. The van der Waals surface area contributed by atoms with E-state index in [2.05, 4.69) is 0 Å². The second-order valence-electron chi connectivity index (χ2n) is 0. The molecule has 0 aliphatic heterocycles. The van der Waals surface area contributed by atoms with Crippen LogP contribution in [-0.2, 0) is 0 Å². The fraction of sp³-hybridized carbons (Fsp3) is 0. The zero-order valence-corrected chi connectivity index (χ0v) is 21.2. The summed E-state index contributed by atoms with van der Waals surface area (Å²) in [6, 6.07) is 0. The number of hydrogen-bond acceptors (Lipinski definition) is 0. The van der Waals surface area contributed by atoms with Gasteiger partial charge in [0.2, 0.25) is 0 Å². The molecule has 2 radical (unpaired) electrons. The van der Waals surface area contributed by atoms with E-state index in [1.807, 2.05) is 0 Å².